The molecule has 0 aliphatic heterocycles. The Morgan fingerprint density at radius 1 is 1.28 bits per heavy atom. The summed E-state index contributed by atoms with van der Waals surface area (Å²) in [6.45, 7) is 3.56. The smallest absolute Gasteiger partial charge is 0.270 e. The molecule has 0 atom stereocenters. The largest absolute Gasteiger partial charge is 0.388 e. The van der Waals surface area contributed by atoms with Crippen molar-refractivity contribution in [2.24, 2.45) is 0 Å². The van der Waals surface area contributed by atoms with Crippen LogP contribution in [0.3, 0.4) is 0 Å². The van der Waals surface area contributed by atoms with Gasteiger partial charge in [0.05, 0.1) is 0 Å². The van der Waals surface area contributed by atoms with Crippen molar-refractivity contribution in [3.05, 3.63) is 34.9 Å². The zero-order chi connectivity index (χ0) is 17.6. The van der Waals surface area contributed by atoms with Crippen LogP contribution in [0.15, 0.2) is 6.07 Å². The maximum Gasteiger partial charge on any atom is 0.270 e. The minimum atomic E-state index is -0.156. The van der Waals surface area contributed by atoms with Crippen molar-refractivity contribution in [3.8, 4) is 0 Å². The first-order chi connectivity index (χ1) is 12.0. The number of aryl methyl sites for hydroxylation is 2. The number of carbonyl (C=O) groups is 1. The molecule has 2 fully saturated rings. The molecule has 2 aliphatic rings. The molecule has 0 radical (unpaired) electrons. The van der Waals surface area contributed by atoms with Gasteiger partial charge >= 0.3 is 0 Å². The van der Waals surface area contributed by atoms with E-state index in [9.17, 15) is 9.90 Å². The summed E-state index contributed by atoms with van der Waals surface area (Å²) in [6.07, 6.45) is 3.92. The van der Waals surface area contributed by atoms with E-state index >= 15 is 0 Å². The van der Waals surface area contributed by atoms with E-state index in [1.807, 2.05) is 6.92 Å². The molecule has 4 rings (SSSR count). The fourth-order valence-electron chi connectivity index (χ4n) is 3.49. The summed E-state index contributed by atoms with van der Waals surface area (Å²) in [6, 6.07) is 2.26. The van der Waals surface area contributed by atoms with Crippen molar-refractivity contribution in [1.29, 1.82) is 0 Å². The van der Waals surface area contributed by atoms with E-state index in [1.54, 1.807) is 13.0 Å². The molecule has 0 aromatic carbocycles. The standard InChI is InChI=1S/C17H22N6O2/c1-9-5-14(19-10(2)18-9)17(25)20-12-6-11(7-12)16-22-21-15(8-24)23(16)13-3-4-13/h5,11-13,24H,3-4,6-8H2,1-2H3,(H,20,25). The van der Waals surface area contributed by atoms with E-state index in [-0.39, 0.29) is 24.5 Å². The van der Waals surface area contributed by atoms with Crippen molar-refractivity contribution in [2.45, 2.75) is 64.1 Å². The minimum absolute atomic E-state index is 0.0806. The van der Waals surface area contributed by atoms with Gasteiger partial charge in [0.15, 0.2) is 5.82 Å². The van der Waals surface area contributed by atoms with Gasteiger partial charge < -0.3 is 15.0 Å². The molecule has 2 aromatic rings. The van der Waals surface area contributed by atoms with Gasteiger partial charge in [0.25, 0.3) is 5.91 Å². The van der Waals surface area contributed by atoms with E-state index < -0.39 is 0 Å². The van der Waals surface area contributed by atoms with E-state index in [0.717, 1.165) is 37.2 Å². The number of rotatable bonds is 5. The van der Waals surface area contributed by atoms with Crippen LogP contribution in [0, 0.1) is 13.8 Å². The molecule has 0 spiro atoms. The van der Waals surface area contributed by atoms with Crippen LogP contribution < -0.4 is 5.32 Å². The zero-order valence-corrected chi connectivity index (χ0v) is 14.4. The van der Waals surface area contributed by atoms with Gasteiger partial charge in [-0.25, -0.2) is 9.97 Å². The van der Waals surface area contributed by atoms with Crippen LogP contribution in [0.25, 0.3) is 0 Å². The lowest BCUT2D eigenvalue weighted by Gasteiger charge is -2.35. The molecule has 2 saturated carbocycles. The van der Waals surface area contributed by atoms with Crippen LogP contribution in [-0.4, -0.2) is 41.8 Å². The molecule has 2 aromatic heterocycles. The lowest BCUT2D eigenvalue weighted by atomic mass is 9.79. The number of aromatic nitrogens is 5. The maximum atomic E-state index is 12.4. The fourth-order valence-corrected chi connectivity index (χ4v) is 3.49. The van der Waals surface area contributed by atoms with Crippen molar-refractivity contribution >= 4 is 5.91 Å². The monoisotopic (exact) mass is 342 g/mol. The maximum absolute atomic E-state index is 12.4. The van der Waals surface area contributed by atoms with Gasteiger partial charge in [0, 0.05) is 23.7 Å². The highest BCUT2D eigenvalue weighted by atomic mass is 16.3. The zero-order valence-electron chi connectivity index (χ0n) is 14.4. The molecule has 8 nitrogen and oxygen atoms in total. The summed E-state index contributed by atoms with van der Waals surface area (Å²) in [5.74, 6) is 2.33. The third-order valence-electron chi connectivity index (χ3n) is 4.88. The Kier molecular flexibility index (Phi) is 3.99. The summed E-state index contributed by atoms with van der Waals surface area (Å²) in [5, 5.41) is 20.9. The molecular formula is C17H22N6O2. The molecule has 25 heavy (non-hydrogen) atoms. The van der Waals surface area contributed by atoms with Gasteiger partial charge in [-0.2, -0.15) is 0 Å². The van der Waals surface area contributed by atoms with Gasteiger partial charge in [-0.1, -0.05) is 0 Å². The highest BCUT2D eigenvalue weighted by Crippen LogP contribution is 2.42. The SMILES string of the molecule is Cc1cc(C(=O)NC2CC(c3nnc(CO)n3C3CC3)C2)nc(C)n1. The van der Waals surface area contributed by atoms with Crippen molar-refractivity contribution in [1.82, 2.24) is 30.0 Å². The van der Waals surface area contributed by atoms with Gasteiger partial charge in [0.2, 0.25) is 0 Å². The number of hydrogen-bond acceptors (Lipinski definition) is 6. The molecule has 1 amide bonds. The molecule has 132 valence electrons. The average Bonchev–Trinajstić information content (AvgIpc) is 3.28. The van der Waals surface area contributed by atoms with Gasteiger partial charge in [0.1, 0.15) is 23.9 Å². The van der Waals surface area contributed by atoms with E-state index in [4.69, 9.17) is 0 Å². The summed E-state index contributed by atoms with van der Waals surface area (Å²) in [7, 11) is 0. The number of hydrogen-bond donors (Lipinski definition) is 2. The highest BCUT2D eigenvalue weighted by Gasteiger charge is 2.38. The second kappa shape index (κ2) is 6.18. The third-order valence-corrected chi connectivity index (χ3v) is 4.88. The minimum Gasteiger partial charge on any atom is -0.388 e. The Morgan fingerprint density at radius 2 is 2.04 bits per heavy atom. The Morgan fingerprint density at radius 3 is 2.68 bits per heavy atom. The molecule has 2 N–H and O–H groups in total. The van der Waals surface area contributed by atoms with Crippen molar-refractivity contribution < 1.29 is 9.90 Å². The number of aliphatic hydroxyl groups excluding tert-OH is 1. The normalized spacial score (nSPS) is 22.5. The van der Waals surface area contributed by atoms with Crippen LogP contribution in [0.4, 0.5) is 0 Å². The Bertz CT molecular complexity index is 787. The molecule has 2 aliphatic carbocycles. The molecule has 0 unspecified atom stereocenters. The van der Waals surface area contributed by atoms with E-state index in [2.05, 4.69) is 30.0 Å². The Hall–Kier alpha value is -2.35. The summed E-state index contributed by atoms with van der Waals surface area (Å²) >= 11 is 0. The molecule has 0 bridgehead atoms. The lowest BCUT2D eigenvalue weighted by Crippen LogP contribution is -2.44. The number of nitrogens with one attached hydrogen (secondary N) is 1. The van der Waals surface area contributed by atoms with Crippen molar-refractivity contribution in [3.63, 3.8) is 0 Å². The highest BCUT2D eigenvalue weighted by molar-refractivity contribution is 5.92. The van der Waals surface area contributed by atoms with Crippen LogP contribution in [0.1, 0.15) is 71.3 Å². The van der Waals surface area contributed by atoms with E-state index in [1.165, 1.54) is 0 Å². The molecular weight excluding hydrogens is 320 g/mol. The first-order valence-corrected chi connectivity index (χ1v) is 8.73. The Labute approximate surface area is 145 Å². The van der Waals surface area contributed by atoms with Crippen molar-refractivity contribution in [2.75, 3.05) is 0 Å². The molecule has 0 saturated heterocycles. The Balaban J connectivity index is 1.39. The summed E-state index contributed by atoms with van der Waals surface area (Å²) < 4.78 is 2.10. The molecule has 2 heterocycles. The topological polar surface area (TPSA) is 106 Å². The van der Waals surface area contributed by atoms with Crippen LogP contribution in [0.2, 0.25) is 0 Å². The van der Waals surface area contributed by atoms with E-state index in [0.29, 0.717) is 23.4 Å². The quantitative estimate of drug-likeness (QED) is 0.845. The summed E-state index contributed by atoms with van der Waals surface area (Å²) in [5.41, 5.74) is 1.20. The first kappa shape index (κ1) is 16.1. The summed E-state index contributed by atoms with van der Waals surface area (Å²) in [4.78, 5) is 20.8. The van der Waals surface area contributed by atoms with Gasteiger partial charge in [-0.3, -0.25) is 4.79 Å². The van der Waals surface area contributed by atoms with Crippen LogP contribution >= 0.6 is 0 Å². The third kappa shape index (κ3) is 3.13. The van der Waals surface area contributed by atoms with Gasteiger partial charge in [-0.05, 0) is 45.6 Å². The number of aliphatic hydroxyl groups is 1. The van der Waals surface area contributed by atoms with Crippen LogP contribution in [-0.2, 0) is 6.61 Å². The lowest BCUT2D eigenvalue weighted by molar-refractivity contribution is 0.0901. The fraction of sp³-hybridized carbons (Fsp3) is 0.588. The number of nitrogens with zero attached hydrogens (tertiary/aromatic N) is 5. The average molecular weight is 342 g/mol. The second-order valence-electron chi connectivity index (χ2n) is 7.01. The van der Waals surface area contributed by atoms with Gasteiger partial charge in [-0.15, -0.1) is 10.2 Å². The molecule has 8 heteroatoms. The predicted octanol–water partition coefficient (Wildman–Crippen LogP) is 1.19. The van der Waals surface area contributed by atoms with Crippen LogP contribution in [0.5, 0.6) is 0 Å². The predicted molar refractivity (Wildman–Crippen MR) is 89.0 cm³/mol. The second-order valence-corrected chi connectivity index (χ2v) is 7.01. The number of amides is 1. The number of carbonyl (C=O) groups excluding carboxylic acids is 1. The first-order valence-electron chi connectivity index (χ1n) is 8.73.